The number of anilines is 1. The van der Waals surface area contributed by atoms with E-state index in [-0.39, 0.29) is 11.7 Å². The van der Waals surface area contributed by atoms with Crippen molar-refractivity contribution in [3.05, 3.63) is 81.7 Å². The highest BCUT2D eigenvalue weighted by Crippen LogP contribution is 2.17. The Morgan fingerprint density at radius 2 is 1.58 bits per heavy atom. The molecule has 1 amide bonds. The van der Waals surface area contributed by atoms with Crippen LogP contribution in [-0.2, 0) is 0 Å². The minimum Gasteiger partial charge on any atom is -0.361 e. The molecule has 5 nitrogen and oxygen atoms in total. The monoisotopic (exact) mass is 384 g/mol. The van der Waals surface area contributed by atoms with Gasteiger partial charge in [0.15, 0.2) is 5.78 Å². The smallest absolute Gasteiger partial charge is 0.260 e. The maximum Gasteiger partial charge on any atom is 0.260 e. The number of aromatic nitrogens is 1. The molecule has 120 valence electrons. The number of rotatable bonds is 4. The lowest BCUT2D eigenvalue weighted by atomic mass is 10.0. The van der Waals surface area contributed by atoms with Gasteiger partial charge >= 0.3 is 0 Å². The number of nitrogens with one attached hydrogen (secondary N) is 1. The molecule has 1 heterocycles. The normalized spacial score (nSPS) is 10.4. The molecule has 0 aliphatic heterocycles. The average molecular weight is 385 g/mol. The Labute approximate surface area is 146 Å². The van der Waals surface area contributed by atoms with E-state index in [1.54, 1.807) is 43.3 Å². The summed E-state index contributed by atoms with van der Waals surface area (Å²) in [6, 6.07) is 13.9. The number of aryl methyl sites for hydroxylation is 1. The first kappa shape index (κ1) is 16.1. The van der Waals surface area contributed by atoms with Gasteiger partial charge in [0.25, 0.3) is 5.91 Å². The molecule has 1 N–H and O–H groups in total. The van der Waals surface area contributed by atoms with Crippen LogP contribution in [0.1, 0.15) is 32.0 Å². The Morgan fingerprint density at radius 3 is 2.12 bits per heavy atom. The first-order valence-corrected chi connectivity index (χ1v) is 7.97. The molecule has 0 atom stereocenters. The molecule has 0 aliphatic rings. The van der Waals surface area contributed by atoms with Crippen molar-refractivity contribution in [2.24, 2.45) is 0 Å². The van der Waals surface area contributed by atoms with Crippen molar-refractivity contribution in [3.8, 4) is 0 Å². The van der Waals surface area contributed by atoms with Gasteiger partial charge in [-0.15, -0.1) is 0 Å². The molecule has 0 aliphatic carbocycles. The number of carbonyl (C=O) groups excluding carboxylic acids is 2. The van der Waals surface area contributed by atoms with Crippen LogP contribution in [0.3, 0.4) is 0 Å². The molecule has 0 unspecified atom stereocenters. The summed E-state index contributed by atoms with van der Waals surface area (Å²) in [5.41, 5.74) is 2.13. The van der Waals surface area contributed by atoms with Gasteiger partial charge in [-0.05, 0) is 55.5 Å². The lowest BCUT2D eigenvalue weighted by Crippen LogP contribution is -2.12. The van der Waals surface area contributed by atoms with Crippen molar-refractivity contribution in [2.45, 2.75) is 6.92 Å². The number of ketones is 1. The van der Waals surface area contributed by atoms with E-state index in [0.717, 1.165) is 4.47 Å². The van der Waals surface area contributed by atoms with Gasteiger partial charge in [0.05, 0.1) is 6.20 Å². The lowest BCUT2D eigenvalue weighted by Gasteiger charge is -2.06. The van der Waals surface area contributed by atoms with Crippen molar-refractivity contribution in [2.75, 3.05) is 5.32 Å². The second kappa shape index (κ2) is 6.80. The number of hydrogen-bond acceptors (Lipinski definition) is 4. The van der Waals surface area contributed by atoms with Gasteiger partial charge < -0.3 is 9.84 Å². The third-order valence-electron chi connectivity index (χ3n) is 3.51. The third kappa shape index (κ3) is 3.44. The Morgan fingerprint density at radius 1 is 1.00 bits per heavy atom. The van der Waals surface area contributed by atoms with Crippen molar-refractivity contribution in [3.63, 3.8) is 0 Å². The van der Waals surface area contributed by atoms with Crippen LogP contribution in [0.4, 0.5) is 5.69 Å². The Hall–Kier alpha value is -2.73. The topological polar surface area (TPSA) is 72.2 Å². The first-order valence-electron chi connectivity index (χ1n) is 7.17. The van der Waals surface area contributed by atoms with Crippen LogP contribution < -0.4 is 5.32 Å². The quantitative estimate of drug-likeness (QED) is 0.683. The molecule has 3 aromatic rings. The number of amides is 1. The standard InChI is InChI=1S/C18H13BrN2O3/c1-11-16(10-20-24-11)18(23)21-15-8-4-13(5-9-15)17(22)12-2-6-14(19)7-3-12/h2-10H,1H3,(H,21,23). The van der Waals surface area contributed by atoms with E-state index in [4.69, 9.17) is 4.52 Å². The van der Waals surface area contributed by atoms with Crippen LogP contribution in [0.15, 0.2) is 63.7 Å². The Balaban J connectivity index is 1.73. The Kier molecular flexibility index (Phi) is 4.57. The molecule has 2 aromatic carbocycles. The summed E-state index contributed by atoms with van der Waals surface area (Å²) < 4.78 is 5.79. The van der Waals surface area contributed by atoms with Gasteiger partial charge in [0, 0.05) is 21.3 Å². The Bertz CT molecular complexity index is 883. The van der Waals surface area contributed by atoms with Gasteiger partial charge in [-0.2, -0.15) is 0 Å². The minimum absolute atomic E-state index is 0.0738. The molecule has 1 aromatic heterocycles. The molecular weight excluding hydrogens is 372 g/mol. The van der Waals surface area contributed by atoms with E-state index in [2.05, 4.69) is 26.4 Å². The van der Waals surface area contributed by atoms with Crippen molar-refractivity contribution >= 4 is 33.3 Å². The third-order valence-corrected chi connectivity index (χ3v) is 4.04. The van der Waals surface area contributed by atoms with Crippen LogP contribution in [0.5, 0.6) is 0 Å². The summed E-state index contributed by atoms with van der Waals surface area (Å²) in [7, 11) is 0. The fourth-order valence-corrected chi connectivity index (χ4v) is 2.45. The highest BCUT2D eigenvalue weighted by Gasteiger charge is 2.13. The summed E-state index contributed by atoms with van der Waals surface area (Å²) in [6.45, 7) is 1.67. The number of carbonyl (C=O) groups is 2. The van der Waals surface area contributed by atoms with E-state index in [9.17, 15) is 9.59 Å². The lowest BCUT2D eigenvalue weighted by molar-refractivity contribution is 0.102. The van der Waals surface area contributed by atoms with Gasteiger partial charge in [0.1, 0.15) is 11.3 Å². The van der Waals surface area contributed by atoms with E-state index in [1.165, 1.54) is 6.20 Å². The number of halogens is 1. The number of nitrogens with zero attached hydrogens (tertiary/aromatic N) is 1. The van der Waals surface area contributed by atoms with Crippen LogP contribution >= 0.6 is 15.9 Å². The molecule has 0 fully saturated rings. The average Bonchev–Trinajstić information content (AvgIpc) is 3.02. The summed E-state index contributed by atoms with van der Waals surface area (Å²) in [6.07, 6.45) is 1.37. The van der Waals surface area contributed by atoms with Gasteiger partial charge in [-0.1, -0.05) is 21.1 Å². The second-order valence-corrected chi connectivity index (χ2v) is 6.08. The summed E-state index contributed by atoms with van der Waals surface area (Å²) in [5.74, 6) is 0.0746. The number of benzene rings is 2. The maximum atomic E-state index is 12.4. The predicted molar refractivity (Wildman–Crippen MR) is 93.2 cm³/mol. The fraction of sp³-hybridized carbons (Fsp3) is 0.0556. The zero-order chi connectivity index (χ0) is 17.1. The van der Waals surface area contributed by atoms with Crippen LogP contribution in [0.2, 0.25) is 0 Å². The zero-order valence-corrected chi connectivity index (χ0v) is 14.3. The minimum atomic E-state index is -0.305. The molecule has 0 spiro atoms. The highest BCUT2D eigenvalue weighted by molar-refractivity contribution is 9.10. The van der Waals surface area contributed by atoms with Gasteiger partial charge in [-0.3, -0.25) is 9.59 Å². The zero-order valence-electron chi connectivity index (χ0n) is 12.7. The van der Waals surface area contributed by atoms with Gasteiger partial charge in [-0.25, -0.2) is 0 Å². The molecular formula is C18H13BrN2O3. The van der Waals surface area contributed by atoms with Gasteiger partial charge in [0.2, 0.25) is 0 Å². The van der Waals surface area contributed by atoms with E-state index in [0.29, 0.717) is 28.1 Å². The maximum absolute atomic E-state index is 12.4. The molecule has 0 radical (unpaired) electrons. The van der Waals surface area contributed by atoms with Crippen LogP contribution in [0.25, 0.3) is 0 Å². The molecule has 0 saturated heterocycles. The van der Waals surface area contributed by atoms with Crippen molar-refractivity contribution in [1.29, 1.82) is 0 Å². The largest absolute Gasteiger partial charge is 0.361 e. The molecule has 3 rings (SSSR count). The molecule has 24 heavy (non-hydrogen) atoms. The summed E-state index contributed by atoms with van der Waals surface area (Å²) in [5, 5.41) is 6.32. The summed E-state index contributed by atoms with van der Waals surface area (Å²) >= 11 is 3.34. The molecule has 0 saturated carbocycles. The van der Waals surface area contributed by atoms with Crippen LogP contribution in [0, 0.1) is 6.92 Å². The predicted octanol–water partition coefficient (Wildman–Crippen LogP) is 4.23. The van der Waals surface area contributed by atoms with E-state index in [1.807, 2.05) is 12.1 Å². The number of hydrogen-bond donors (Lipinski definition) is 1. The van der Waals surface area contributed by atoms with E-state index < -0.39 is 0 Å². The highest BCUT2D eigenvalue weighted by atomic mass is 79.9. The van der Waals surface area contributed by atoms with Crippen molar-refractivity contribution in [1.82, 2.24) is 5.16 Å². The molecule has 6 heteroatoms. The first-order chi connectivity index (χ1) is 11.5. The fourth-order valence-electron chi connectivity index (χ4n) is 2.19. The molecule has 0 bridgehead atoms. The van der Waals surface area contributed by atoms with Crippen LogP contribution in [-0.4, -0.2) is 16.8 Å². The van der Waals surface area contributed by atoms with Crippen molar-refractivity contribution < 1.29 is 14.1 Å². The van der Waals surface area contributed by atoms with E-state index >= 15 is 0 Å². The summed E-state index contributed by atoms with van der Waals surface area (Å²) in [4.78, 5) is 24.5. The SMILES string of the molecule is Cc1oncc1C(=O)Nc1ccc(C(=O)c2ccc(Br)cc2)cc1. The second-order valence-electron chi connectivity index (χ2n) is 5.16.